The Hall–Kier alpha value is -2.29. The maximum atomic E-state index is 12.2. The fraction of sp³-hybridized carbons (Fsp3) is 0.0714. The van der Waals surface area contributed by atoms with Gasteiger partial charge in [0.2, 0.25) is 10.0 Å². The summed E-state index contributed by atoms with van der Waals surface area (Å²) in [6, 6.07) is 9.84. The molecule has 1 aromatic carbocycles. The molecule has 0 aliphatic rings. The van der Waals surface area contributed by atoms with Crippen molar-refractivity contribution in [3.63, 3.8) is 0 Å². The first kappa shape index (κ1) is 15.6. The summed E-state index contributed by atoms with van der Waals surface area (Å²) >= 11 is 5.92. The average molecular weight is 350 g/mol. The van der Waals surface area contributed by atoms with Crippen LogP contribution in [-0.4, -0.2) is 28.4 Å². The van der Waals surface area contributed by atoms with Gasteiger partial charge in [0.15, 0.2) is 0 Å². The lowest BCUT2D eigenvalue weighted by molar-refractivity contribution is 0.580. The van der Waals surface area contributed by atoms with Crippen LogP contribution in [0.25, 0.3) is 5.69 Å². The van der Waals surface area contributed by atoms with Crippen molar-refractivity contribution in [2.75, 3.05) is 0 Å². The third-order valence-electron chi connectivity index (χ3n) is 3.02. The van der Waals surface area contributed by atoms with Crippen molar-refractivity contribution in [2.24, 2.45) is 0 Å². The van der Waals surface area contributed by atoms with Gasteiger partial charge in [-0.3, -0.25) is 4.98 Å². The Morgan fingerprint density at radius 2 is 2.00 bits per heavy atom. The highest BCUT2D eigenvalue weighted by Gasteiger charge is 2.17. The van der Waals surface area contributed by atoms with Crippen molar-refractivity contribution in [3.05, 3.63) is 65.7 Å². The lowest BCUT2D eigenvalue weighted by Gasteiger charge is -2.06. The van der Waals surface area contributed by atoms with Gasteiger partial charge in [-0.15, -0.1) is 5.10 Å². The molecule has 2 aromatic heterocycles. The zero-order valence-corrected chi connectivity index (χ0v) is 13.4. The first-order valence-electron chi connectivity index (χ1n) is 6.62. The van der Waals surface area contributed by atoms with E-state index in [9.17, 15) is 8.42 Å². The van der Waals surface area contributed by atoms with E-state index in [1.54, 1.807) is 36.8 Å². The Kier molecular flexibility index (Phi) is 4.37. The van der Waals surface area contributed by atoms with Gasteiger partial charge in [-0.05, 0) is 24.3 Å². The lowest BCUT2D eigenvalue weighted by Crippen LogP contribution is -2.23. The van der Waals surface area contributed by atoms with Gasteiger partial charge in [-0.25, -0.2) is 17.8 Å². The van der Waals surface area contributed by atoms with Gasteiger partial charge in [-0.2, -0.15) is 0 Å². The zero-order chi connectivity index (χ0) is 16.3. The molecule has 0 spiro atoms. The van der Waals surface area contributed by atoms with E-state index in [0.29, 0.717) is 5.69 Å². The maximum absolute atomic E-state index is 12.2. The standard InChI is InChI=1S/C14H12ClN5O2S/c15-13-5-1-2-6-14(13)23(21,22)17-8-11-10-20(19-18-11)12-4-3-7-16-9-12/h1-7,9-10,17H,8H2. The summed E-state index contributed by atoms with van der Waals surface area (Å²) in [7, 11) is -3.72. The molecule has 0 saturated carbocycles. The minimum Gasteiger partial charge on any atom is -0.262 e. The molecular formula is C14H12ClN5O2S. The third-order valence-corrected chi connectivity index (χ3v) is 4.92. The van der Waals surface area contributed by atoms with Crippen LogP contribution in [0.4, 0.5) is 0 Å². The lowest BCUT2D eigenvalue weighted by atomic mass is 10.4. The van der Waals surface area contributed by atoms with E-state index in [-0.39, 0.29) is 16.5 Å². The van der Waals surface area contributed by atoms with Crippen LogP contribution >= 0.6 is 11.6 Å². The van der Waals surface area contributed by atoms with E-state index in [1.807, 2.05) is 6.07 Å². The molecule has 0 unspecified atom stereocenters. The summed E-state index contributed by atoms with van der Waals surface area (Å²) in [5.41, 5.74) is 1.21. The fourth-order valence-electron chi connectivity index (χ4n) is 1.90. The Morgan fingerprint density at radius 1 is 1.17 bits per heavy atom. The van der Waals surface area contributed by atoms with Crippen molar-refractivity contribution in [1.29, 1.82) is 0 Å². The van der Waals surface area contributed by atoms with Gasteiger partial charge in [0, 0.05) is 6.20 Å². The average Bonchev–Trinajstić information content (AvgIpc) is 3.03. The van der Waals surface area contributed by atoms with Gasteiger partial charge in [0.25, 0.3) is 0 Å². The second kappa shape index (κ2) is 6.45. The van der Waals surface area contributed by atoms with Gasteiger partial charge in [0.05, 0.1) is 35.3 Å². The monoisotopic (exact) mass is 349 g/mol. The number of benzene rings is 1. The highest BCUT2D eigenvalue weighted by Crippen LogP contribution is 2.20. The third kappa shape index (κ3) is 3.55. The predicted octanol–water partition coefficient (Wildman–Crippen LogP) is 1.79. The smallest absolute Gasteiger partial charge is 0.242 e. The minimum absolute atomic E-state index is 0.00776. The quantitative estimate of drug-likeness (QED) is 0.758. The number of hydrogen-bond acceptors (Lipinski definition) is 5. The van der Waals surface area contributed by atoms with Crippen LogP contribution in [0.2, 0.25) is 5.02 Å². The second-order valence-electron chi connectivity index (χ2n) is 4.62. The van der Waals surface area contributed by atoms with E-state index >= 15 is 0 Å². The van der Waals surface area contributed by atoms with Crippen molar-refractivity contribution in [1.82, 2.24) is 24.7 Å². The first-order chi connectivity index (χ1) is 11.1. The van der Waals surface area contributed by atoms with E-state index in [2.05, 4.69) is 20.0 Å². The number of rotatable bonds is 5. The fourth-order valence-corrected chi connectivity index (χ4v) is 3.42. The molecule has 0 fully saturated rings. The molecule has 9 heteroatoms. The molecule has 0 amide bonds. The Bertz CT molecular complexity index is 912. The van der Waals surface area contributed by atoms with E-state index in [4.69, 9.17) is 11.6 Å². The molecule has 118 valence electrons. The molecule has 0 atom stereocenters. The van der Waals surface area contributed by atoms with Crippen molar-refractivity contribution >= 4 is 21.6 Å². The molecule has 1 N–H and O–H groups in total. The largest absolute Gasteiger partial charge is 0.262 e. The summed E-state index contributed by atoms with van der Waals surface area (Å²) in [5.74, 6) is 0. The molecule has 0 saturated heterocycles. The molecule has 23 heavy (non-hydrogen) atoms. The molecule has 0 bridgehead atoms. The summed E-state index contributed by atoms with van der Waals surface area (Å²) in [6.45, 7) is 0.00776. The minimum atomic E-state index is -3.72. The molecule has 3 aromatic rings. The maximum Gasteiger partial charge on any atom is 0.242 e. The topological polar surface area (TPSA) is 89.8 Å². The highest BCUT2D eigenvalue weighted by molar-refractivity contribution is 7.89. The summed E-state index contributed by atoms with van der Waals surface area (Å²) in [5, 5.41) is 8.05. The van der Waals surface area contributed by atoms with Crippen molar-refractivity contribution in [3.8, 4) is 5.69 Å². The predicted molar refractivity (Wildman–Crippen MR) is 84.6 cm³/mol. The number of aromatic nitrogens is 4. The first-order valence-corrected chi connectivity index (χ1v) is 8.48. The van der Waals surface area contributed by atoms with Crippen LogP contribution in [0, 0.1) is 0 Å². The molecule has 2 heterocycles. The number of pyridine rings is 1. The number of sulfonamides is 1. The summed E-state index contributed by atoms with van der Waals surface area (Å²) in [4.78, 5) is 4.02. The van der Waals surface area contributed by atoms with Crippen LogP contribution in [0.5, 0.6) is 0 Å². The van der Waals surface area contributed by atoms with Crippen LogP contribution in [0.15, 0.2) is 59.9 Å². The van der Waals surface area contributed by atoms with Crippen molar-refractivity contribution in [2.45, 2.75) is 11.4 Å². The number of halogens is 1. The molecule has 0 aliphatic heterocycles. The van der Waals surface area contributed by atoms with Gasteiger partial charge in [-0.1, -0.05) is 28.9 Å². The Labute approximate surface area is 138 Å². The van der Waals surface area contributed by atoms with E-state index in [1.165, 1.54) is 16.8 Å². The van der Waals surface area contributed by atoms with Crippen LogP contribution < -0.4 is 4.72 Å². The highest BCUT2D eigenvalue weighted by atomic mass is 35.5. The Balaban J connectivity index is 1.74. The molecule has 7 nitrogen and oxygen atoms in total. The van der Waals surface area contributed by atoms with Crippen LogP contribution in [0.3, 0.4) is 0 Å². The summed E-state index contributed by atoms with van der Waals surface area (Å²) < 4.78 is 28.5. The van der Waals surface area contributed by atoms with E-state index in [0.717, 1.165) is 5.69 Å². The van der Waals surface area contributed by atoms with Crippen LogP contribution in [0.1, 0.15) is 5.69 Å². The number of nitrogens with one attached hydrogen (secondary N) is 1. The van der Waals surface area contributed by atoms with Gasteiger partial charge < -0.3 is 0 Å². The van der Waals surface area contributed by atoms with Gasteiger partial charge in [0.1, 0.15) is 4.90 Å². The Morgan fingerprint density at radius 3 is 2.74 bits per heavy atom. The zero-order valence-electron chi connectivity index (χ0n) is 11.8. The summed E-state index contributed by atoms with van der Waals surface area (Å²) in [6.07, 6.45) is 4.91. The molecule has 3 rings (SSSR count). The van der Waals surface area contributed by atoms with E-state index < -0.39 is 10.0 Å². The second-order valence-corrected chi connectivity index (χ2v) is 6.76. The molecular weight excluding hydrogens is 338 g/mol. The number of nitrogens with zero attached hydrogens (tertiary/aromatic N) is 4. The SMILES string of the molecule is O=S(=O)(NCc1cn(-c2cccnc2)nn1)c1ccccc1Cl. The normalized spacial score (nSPS) is 11.5. The van der Waals surface area contributed by atoms with Gasteiger partial charge >= 0.3 is 0 Å². The van der Waals surface area contributed by atoms with Crippen molar-refractivity contribution < 1.29 is 8.42 Å². The number of hydrogen-bond donors (Lipinski definition) is 1. The van der Waals surface area contributed by atoms with Crippen LogP contribution in [-0.2, 0) is 16.6 Å². The molecule has 0 radical (unpaired) electrons. The molecule has 0 aliphatic carbocycles.